The summed E-state index contributed by atoms with van der Waals surface area (Å²) >= 11 is 3.27. The van der Waals surface area contributed by atoms with Gasteiger partial charge in [-0.1, -0.05) is 29.5 Å². The number of nitrogens with one attached hydrogen (secondary N) is 1. The second kappa shape index (κ2) is 5.16. The number of hydrogen-bond donors (Lipinski definition) is 2. The smallest absolute Gasteiger partial charge is 0.238 e. The molecule has 0 aliphatic heterocycles. The van der Waals surface area contributed by atoms with E-state index in [1.807, 2.05) is 17.5 Å². The van der Waals surface area contributed by atoms with Gasteiger partial charge in [0.2, 0.25) is 5.95 Å². The van der Waals surface area contributed by atoms with Gasteiger partial charge in [0.1, 0.15) is 5.03 Å². The second-order valence-corrected chi connectivity index (χ2v) is 6.03. The van der Waals surface area contributed by atoms with Crippen molar-refractivity contribution in [1.29, 1.82) is 0 Å². The fraction of sp³-hybridized carbons (Fsp3) is 0.0769. The van der Waals surface area contributed by atoms with Gasteiger partial charge in [-0.2, -0.15) is 0 Å². The van der Waals surface area contributed by atoms with Gasteiger partial charge in [-0.05, 0) is 30.5 Å². The van der Waals surface area contributed by atoms with Crippen LogP contribution in [0.4, 0.5) is 5.95 Å². The molecule has 0 saturated carbocycles. The van der Waals surface area contributed by atoms with Crippen LogP contribution in [-0.4, -0.2) is 9.97 Å². The maximum absolute atomic E-state index is 5.42. The SMILES string of the molecule is Cc1cccc(Sc2nc(NN)nc3ccsc23)c1. The van der Waals surface area contributed by atoms with Gasteiger partial charge in [0.25, 0.3) is 0 Å². The van der Waals surface area contributed by atoms with Gasteiger partial charge < -0.3 is 0 Å². The van der Waals surface area contributed by atoms with Crippen molar-refractivity contribution in [1.82, 2.24) is 9.97 Å². The lowest BCUT2D eigenvalue weighted by atomic mass is 10.2. The molecule has 0 unspecified atom stereocenters. The number of hydrazine groups is 1. The van der Waals surface area contributed by atoms with Crippen LogP contribution in [0.2, 0.25) is 0 Å². The summed E-state index contributed by atoms with van der Waals surface area (Å²) in [4.78, 5) is 9.93. The first-order valence-corrected chi connectivity index (χ1v) is 7.42. The molecule has 0 bridgehead atoms. The van der Waals surface area contributed by atoms with E-state index in [0.29, 0.717) is 5.95 Å². The van der Waals surface area contributed by atoms with E-state index in [1.165, 1.54) is 5.56 Å². The summed E-state index contributed by atoms with van der Waals surface area (Å²) < 4.78 is 1.09. The Bertz CT molecular complexity index is 723. The number of rotatable bonds is 3. The number of hydrogen-bond acceptors (Lipinski definition) is 6. The monoisotopic (exact) mass is 288 g/mol. The second-order valence-electron chi connectivity index (χ2n) is 4.05. The molecule has 2 heterocycles. The number of anilines is 1. The lowest BCUT2D eigenvalue weighted by Gasteiger charge is -2.05. The number of benzene rings is 1. The minimum atomic E-state index is 0.445. The van der Waals surface area contributed by atoms with Gasteiger partial charge in [0.15, 0.2) is 0 Å². The number of nitrogens with two attached hydrogens (primary N) is 1. The van der Waals surface area contributed by atoms with E-state index in [1.54, 1.807) is 23.1 Å². The molecule has 4 nitrogen and oxygen atoms in total. The third kappa shape index (κ3) is 2.56. The summed E-state index contributed by atoms with van der Waals surface area (Å²) in [5.74, 6) is 5.86. The minimum absolute atomic E-state index is 0.445. The first-order chi connectivity index (χ1) is 9.26. The van der Waals surface area contributed by atoms with E-state index in [4.69, 9.17) is 5.84 Å². The van der Waals surface area contributed by atoms with E-state index in [-0.39, 0.29) is 0 Å². The highest BCUT2D eigenvalue weighted by Gasteiger charge is 2.10. The van der Waals surface area contributed by atoms with Crippen molar-refractivity contribution in [2.45, 2.75) is 16.8 Å². The predicted molar refractivity (Wildman–Crippen MR) is 80.5 cm³/mol. The highest BCUT2D eigenvalue weighted by Crippen LogP contribution is 2.35. The molecule has 2 aromatic heterocycles. The topological polar surface area (TPSA) is 63.8 Å². The highest BCUT2D eigenvalue weighted by atomic mass is 32.2. The summed E-state index contributed by atoms with van der Waals surface area (Å²) in [6.07, 6.45) is 0. The van der Waals surface area contributed by atoms with Crippen LogP contribution in [0.15, 0.2) is 45.6 Å². The first kappa shape index (κ1) is 12.4. The Labute approximate surface area is 119 Å². The fourth-order valence-electron chi connectivity index (χ4n) is 1.76. The lowest BCUT2D eigenvalue weighted by Crippen LogP contribution is -2.10. The van der Waals surface area contributed by atoms with Crippen LogP contribution < -0.4 is 11.3 Å². The average Bonchev–Trinajstić information content (AvgIpc) is 2.87. The third-order valence-electron chi connectivity index (χ3n) is 2.61. The Balaban J connectivity index is 2.06. The van der Waals surface area contributed by atoms with E-state index in [0.717, 1.165) is 20.1 Å². The van der Waals surface area contributed by atoms with Crippen LogP contribution in [0, 0.1) is 6.92 Å². The van der Waals surface area contributed by atoms with Crippen LogP contribution >= 0.6 is 23.1 Å². The Morgan fingerprint density at radius 3 is 2.95 bits per heavy atom. The summed E-state index contributed by atoms with van der Waals surface area (Å²) in [5, 5.41) is 2.94. The van der Waals surface area contributed by atoms with Crippen LogP contribution in [0.3, 0.4) is 0 Å². The first-order valence-electron chi connectivity index (χ1n) is 5.72. The molecule has 3 aromatic rings. The largest absolute Gasteiger partial charge is 0.292 e. The normalized spacial score (nSPS) is 10.8. The Morgan fingerprint density at radius 1 is 1.26 bits per heavy atom. The van der Waals surface area contributed by atoms with Crippen molar-refractivity contribution < 1.29 is 0 Å². The molecule has 0 spiro atoms. The van der Waals surface area contributed by atoms with Crippen molar-refractivity contribution in [3.05, 3.63) is 41.3 Å². The highest BCUT2D eigenvalue weighted by molar-refractivity contribution is 7.99. The summed E-state index contributed by atoms with van der Waals surface area (Å²) in [5.41, 5.74) is 4.67. The quantitative estimate of drug-likeness (QED) is 0.439. The number of fused-ring (bicyclic) bond motifs is 1. The van der Waals surface area contributed by atoms with Crippen LogP contribution in [0.5, 0.6) is 0 Å². The third-order valence-corrected chi connectivity index (χ3v) is 4.62. The molecule has 3 rings (SSSR count). The van der Waals surface area contributed by atoms with E-state index < -0.39 is 0 Å². The molecule has 0 fully saturated rings. The molecule has 0 aliphatic carbocycles. The van der Waals surface area contributed by atoms with Gasteiger partial charge in [-0.3, -0.25) is 5.43 Å². The van der Waals surface area contributed by atoms with Crippen LogP contribution in [0.1, 0.15) is 5.56 Å². The summed E-state index contributed by atoms with van der Waals surface area (Å²) in [7, 11) is 0. The number of aryl methyl sites for hydroxylation is 1. The zero-order valence-electron chi connectivity index (χ0n) is 10.3. The summed E-state index contributed by atoms with van der Waals surface area (Å²) in [6.45, 7) is 2.08. The van der Waals surface area contributed by atoms with Crippen molar-refractivity contribution in [3.63, 3.8) is 0 Å². The minimum Gasteiger partial charge on any atom is -0.292 e. The van der Waals surface area contributed by atoms with Gasteiger partial charge in [0.05, 0.1) is 10.2 Å². The Morgan fingerprint density at radius 2 is 2.16 bits per heavy atom. The number of aromatic nitrogens is 2. The molecule has 19 heavy (non-hydrogen) atoms. The van der Waals surface area contributed by atoms with Crippen molar-refractivity contribution in [3.8, 4) is 0 Å². The number of nitrogen functional groups attached to an aromatic ring is 1. The molecule has 0 aliphatic rings. The molecule has 6 heteroatoms. The van der Waals surface area contributed by atoms with Gasteiger partial charge >= 0.3 is 0 Å². The Hall–Kier alpha value is -1.63. The molecule has 3 N–H and O–H groups in total. The van der Waals surface area contributed by atoms with Crippen LogP contribution in [0.25, 0.3) is 10.2 Å². The number of thiophene rings is 1. The van der Waals surface area contributed by atoms with Crippen molar-refractivity contribution in [2.75, 3.05) is 5.43 Å². The Kier molecular flexibility index (Phi) is 3.37. The molecule has 0 saturated heterocycles. The molecule has 1 aromatic carbocycles. The average molecular weight is 288 g/mol. The maximum atomic E-state index is 5.42. The maximum Gasteiger partial charge on any atom is 0.238 e. The van der Waals surface area contributed by atoms with Crippen molar-refractivity contribution in [2.24, 2.45) is 5.84 Å². The van der Waals surface area contributed by atoms with Gasteiger partial charge in [-0.25, -0.2) is 15.8 Å². The summed E-state index contributed by atoms with van der Waals surface area (Å²) in [6, 6.07) is 10.3. The molecule has 0 radical (unpaired) electrons. The standard InChI is InChI=1S/C13H12N4S2/c1-8-3-2-4-9(7-8)19-12-11-10(5-6-18-11)15-13(16-12)17-14/h2-7H,14H2,1H3,(H,15,16,17). The van der Waals surface area contributed by atoms with E-state index >= 15 is 0 Å². The molecule has 0 amide bonds. The van der Waals surface area contributed by atoms with E-state index in [2.05, 4.69) is 40.5 Å². The van der Waals surface area contributed by atoms with Crippen molar-refractivity contribution >= 4 is 39.3 Å². The lowest BCUT2D eigenvalue weighted by molar-refractivity contribution is 1.08. The zero-order chi connectivity index (χ0) is 13.2. The fourth-order valence-corrected chi connectivity index (χ4v) is 3.69. The molecular formula is C13H12N4S2. The molecular weight excluding hydrogens is 276 g/mol. The molecule has 96 valence electrons. The van der Waals surface area contributed by atoms with Gasteiger partial charge in [-0.15, -0.1) is 11.3 Å². The predicted octanol–water partition coefficient (Wildman–Crippen LogP) is 3.44. The zero-order valence-corrected chi connectivity index (χ0v) is 11.9. The van der Waals surface area contributed by atoms with Gasteiger partial charge in [0, 0.05) is 4.90 Å². The molecule has 0 atom stereocenters. The number of nitrogens with zero attached hydrogens (tertiary/aromatic N) is 2. The van der Waals surface area contributed by atoms with E-state index in [9.17, 15) is 0 Å². The van der Waals surface area contributed by atoms with Crippen LogP contribution in [-0.2, 0) is 0 Å².